The van der Waals surface area contributed by atoms with Crippen LogP contribution in [-0.2, 0) is 14.9 Å². The fourth-order valence-electron chi connectivity index (χ4n) is 4.09. The molecule has 3 unspecified atom stereocenters. The summed E-state index contributed by atoms with van der Waals surface area (Å²) in [5.74, 6) is -1.47. The SMILES string of the molecule is CCCC/C=C\CCCCCC(O)C(=O)NC(CS(=O)(=O)O)C(O)CCCCCCCCCCC. The van der Waals surface area contributed by atoms with Crippen LogP contribution in [0.25, 0.3) is 0 Å². The minimum absolute atomic E-state index is 0.276. The summed E-state index contributed by atoms with van der Waals surface area (Å²) in [4.78, 5) is 12.4. The van der Waals surface area contributed by atoms with Crippen LogP contribution in [0.15, 0.2) is 12.2 Å². The summed E-state index contributed by atoms with van der Waals surface area (Å²) in [6.45, 7) is 4.36. The summed E-state index contributed by atoms with van der Waals surface area (Å²) in [5, 5.41) is 23.1. The average molecular weight is 520 g/mol. The normalized spacial score (nSPS) is 14.8. The lowest BCUT2D eigenvalue weighted by Gasteiger charge is -2.24. The molecule has 0 spiro atoms. The van der Waals surface area contributed by atoms with Gasteiger partial charge in [-0.15, -0.1) is 0 Å². The van der Waals surface area contributed by atoms with Gasteiger partial charge in [-0.1, -0.05) is 109 Å². The van der Waals surface area contributed by atoms with Crippen LogP contribution in [0.4, 0.5) is 0 Å². The van der Waals surface area contributed by atoms with Crippen molar-refractivity contribution in [2.45, 2.75) is 148 Å². The van der Waals surface area contributed by atoms with Crippen molar-refractivity contribution in [3.8, 4) is 0 Å². The number of hydrogen-bond donors (Lipinski definition) is 4. The zero-order valence-electron chi connectivity index (χ0n) is 22.3. The van der Waals surface area contributed by atoms with Crippen LogP contribution in [0.2, 0.25) is 0 Å². The van der Waals surface area contributed by atoms with Crippen molar-refractivity contribution in [2.24, 2.45) is 0 Å². The van der Waals surface area contributed by atoms with Crippen LogP contribution in [-0.4, -0.2) is 53.1 Å². The van der Waals surface area contributed by atoms with Crippen LogP contribution >= 0.6 is 0 Å². The molecule has 0 saturated carbocycles. The molecule has 0 aliphatic carbocycles. The van der Waals surface area contributed by atoms with Gasteiger partial charge >= 0.3 is 0 Å². The van der Waals surface area contributed by atoms with Crippen LogP contribution in [0.5, 0.6) is 0 Å². The Morgan fingerprint density at radius 1 is 0.743 bits per heavy atom. The number of aliphatic hydroxyl groups is 2. The smallest absolute Gasteiger partial charge is 0.266 e. The highest BCUT2D eigenvalue weighted by atomic mass is 32.2. The lowest BCUT2D eigenvalue weighted by molar-refractivity contribution is -0.131. The van der Waals surface area contributed by atoms with E-state index in [1.54, 1.807) is 0 Å². The first-order chi connectivity index (χ1) is 16.7. The molecular weight excluding hydrogens is 466 g/mol. The van der Waals surface area contributed by atoms with E-state index in [0.717, 1.165) is 44.9 Å². The zero-order valence-corrected chi connectivity index (χ0v) is 23.1. The lowest BCUT2D eigenvalue weighted by atomic mass is 10.0. The summed E-state index contributed by atoms with van der Waals surface area (Å²) in [7, 11) is -4.39. The number of nitrogens with one attached hydrogen (secondary N) is 1. The van der Waals surface area contributed by atoms with Crippen molar-refractivity contribution in [2.75, 3.05) is 5.75 Å². The third-order valence-electron chi connectivity index (χ3n) is 6.33. The Hall–Kier alpha value is -0.960. The molecule has 0 saturated heterocycles. The third kappa shape index (κ3) is 22.0. The van der Waals surface area contributed by atoms with E-state index in [1.807, 2.05) is 0 Å². The van der Waals surface area contributed by atoms with Crippen molar-refractivity contribution in [1.82, 2.24) is 5.32 Å². The number of unbranched alkanes of at least 4 members (excludes halogenated alkanes) is 13. The maximum absolute atomic E-state index is 12.4. The summed E-state index contributed by atoms with van der Waals surface area (Å²) in [5.41, 5.74) is 0. The van der Waals surface area contributed by atoms with Gasteiger partial charge in [0.15, 0.2) is 0 Å². The first-order valence-corrected chi connectivity index (χ1v) is 15.6. The van der Waals surface area contributed by atoms with Crippen LogP contribution in [0.1, 0.15) is 129 Å². The molecule has 208 valence electrons. The molecule has 35 heavy (non-hydrogen) atoms. The van der Waals surface area contributed by atoms with E-state index in [9.17, 15) is 28.0 Å². The van der Waals surface area contributed by atoms with Gasteiger partial charge < -0.3 is 15.5 Å². The average Bonchev–Trinajstić information content (AvgIpc) is 2.80. The topological polar surface area (TPSA) is 124 Å². The summed E-state index contributed by atoms with van der Waals surface area (Å²) < 4.78 is 32.1. The molecule has 0 aromatic carbocycles. The summed E-state index contributed by atoms with van der Waals surface area (Å²) >= 11 is 0. The molecule has 0 aliphatic rings. The monoisotopic (exact) mass is 519 g/mol. The quantitative estimate of drug-likeness (QED) is 0.0737. The number of aliphatic hydroxyl groups excluding tert-OH is 2. The van der Waals surface area contributed by atoms with Gasteiger partial charge in [0.1, 0.15) is 6.10 Å². The van der Waals surface area contributed by atoms with Gasteiger partial charge in [-0.2, -0.15) is 8.42 Å². The maximum Gasteiger partial charge on any atom is 0.266 e. The maximum atomic E-state index is 12.4. The van der Waals surface area contributed by atoms with Crippen molar-refractivity contribution in [1.29, 1.82) is 0 Å². The van der Waals surface area contributed by atoms with Gasteiger partial charge in [0, 0.05) is 0 Å². The summed E-state index contributed by atoms with van der Waals surface area (Å²) in [6.07, 6.45) is 19.7. The molecule has 8 heteroatoms. The van der Waals surface area contributed by atoms with Gasteiger partial charge in [0.25, 0.3) is 10.1 Å². The molecule has 4 N–H and O–H groups in total. The standard InChI is InChI=1S/C27H53NO6S/c1-3-5-7-9-11-13-15-17-19-21-25(29)24(23-35(32,33)34)28-27(31)26(30)22-20-18-16-14-12-10-8-6-4-2/h10,12,24-26,29-30H,3-9,11,13-23H2,1-2H3,(H,28,31)(H,32,33,34)/b12-10-. The van der Waals surface area contributed by atoms with Gasteiger partial charge in [0.2, 0.25) is 5.91 Å². The number of hydrogen-bond acceptors (Lipinski definition) is 5. The second-order valence-electron chi connectivity index (χ2n) is 9.82. The first-order valence-electron chi connectivity index (χ1n) is 14.0. The van der Waals surface area contributed by atoms with Crippen molar-refractivity contribution >= 4 is 16.0 Å². The van der Waals surface area contributed by atoms with Gasteiger partial charge in [0.05, 0.1) is 17.9 Å². The Balaban J connectivity index is 4.29. The molecule has 0 fully saturated rings. The van der Waals surface area contributed by atoms with Gasteiger partial charge in [-0.3, -0.25) is 9.35 Å². The van der Waals surface area contributed by atoms with Crippen molar-refractivity contribution < 1.29 is 28.0 Å². The number of amides is 1. The lowest BCUT2D eigenvalue weighted by Crippen LogP contribution is -2.50. The molecule has 3 atom stereocenters. The molecule has 0 radical (unpaired) electrons. The highest BCUT2D eigenvalue weighted by Gasteiger charge is 2.28. The van der Waals surface area contributed by atoms with Crippen molar-refractivity contribution in [3.05, 3.63) is 12.2 Å². The highest BCUT2D eigenvalue weighted by molar-refractivity contribution is 7.85. The molecule has 0 aliphatic heterocycles. The molecule has 0 heterocycles. The van der Waals surface area contributed by atoms with E-state index in [4.69, 9.17) is 0 Å². The van der Waals surface area contributed by atoms with E-state index in [0.29, 0.717) is 19.3 Å². The molecule has 1 amide bonds. The van der Waals surface area contributed by atoms with Crippen LogP contribution in [0.3, 0.4) is 0 Å². The fourth-order valence-corrected chi connectivity index (χ4v) is 4.84. The minimum Gasteiger partial charge on any atom is -0.391 e. The molecule has 7 nitrogen and oxygen atoms in total. The van der Waals surface area contributed by atoms with E-state index < -0.39 is 40.0 Å². The predicted octanol–water partition coefficient (Wildman–Crippen LogP) is 5.70. The Kier molecular flexibility index (Phi) is 21.6. The zero-order chi connectivity index (χ0) is 26.4. The largest absolute Gasteiger partial charge is 0.391 e. The molecule has 0 aromatic heterocycles. The number of carbonyl (C=O) groups is 1. The van der Waals surface area contributed by atoms with Gasteiger partial charge in [-0.05, 0) is 32.1 Å². The fraction of sp³-hybridized carbons (Fsp3) is 0.889. The Labute approximate surface area is 214 Å². The second kappa shape index (κ2) is 22.3. The first kappa shape index (κ1) is 34.0. The van der Waals surface area contributed by atoms with E-state index in [1.165, 1.54) is 44.9 Å². The molecule has 0 aromatic rings. The molecule has 0 rings (SSSR count). The van der Waals surface area contributed by atoms with Crippen LogP contribution < -0.4 is 5.32 Å². The van der Waals surface area contributed by atoms with E-state index >= 15 is 0 Å². The summed E-state index contributed by atoms with van der Waals surface area (Å²) in [6, 6.07) is -1.14. The number of allylic oxidation sites excluding steroid dienone is 2. The third-order valence-corrected chi connectivity index (χ3v) is 7.11. The van der Waals surface area contributed by atoms with E-state index in [2.05, 4.69) is 31.3 Å². The second-order valence-corrected chi connectivity index (χ2v) is 11.3. The Bertz CT molecular complexity index is 638. The Morgan fingerprint density at radius 3 is 1.80 bits per heavy atom. The highest BCUT2D eigenvalue weighted by Crippen LogP contribution is 2.14. The number of rotatable bonds is 24. The number of carbonyl (C=O) groups excluding carboxylic acids is 1. The van der Waals surface area contributed by atoms with Crippen LogP contribution in [0, 0.1) is 0 Å². The van der Waals surface area contributed by atoms with E-state index in [-0.39, 0.29) is 6.42 Å². The predicted molar refractivity (Wildman–Crippen MR) is 144 cm³/mol. The minimum atomic E-state index is -4.39. The van der Waals surface area contributed by atoms with Gasteiger partial charge in [-0.25, -0.2) is 0 Å². The Morgan fingerprint density at radius 2 is 1.23 bits per heavy atom. The van der Waals surface area contributed by atoms with Crippen molar-refractivity contribution in [3.63, 3.8) is 0 Å². The molecule has 0 bridgehead atoms. The molecular formula is C27H53NO6S.